The molecule has 1 saturated heterocycles. The largest absolute Gasteiger partial charge is 0.337 e. The summed E-state index contributed by atoms with van der Waals surface area (Å²) in [5.74, 6) is -1.25. The molecular formula is C21H18ClFN4O2S. The molecule has 2 aromatic carbocycles. The van der Waals surface area contributed by atoms with E-state index in [0.717, 1.165) is 30.8 Å². The van der Waals surface area contributed by atoms with E-state index < -0.39 is 11.7 Å². The first kappa shape index (κ1) is 20.4. The zero-order valence-corrected chi connectivity index (χ0v) is 17.5. The minimum Gasteiger partial charge on any atom is -0.337 e. The number of hydrogen-bond donors (Lipinski definition) is 0. The number of amides is 2. The van der Waals surface area contributed by atoms with E-state index in [2.05, 4.69) is 10.1 Å². The van der Waals surface area contributed by atoms with E-state index in [0.29, 0.717) is 23.8 Å². The molecule has 0 bridgehead atoms. The van der Waals surface area contributed by atoms with Crippen LogP contribution in [0.4, 0.5) is 4.39 Å². The Morgan fingerprint density at radius 2 is 1.67 bits per heavy atom. The van der Waals surface area contributed by atoms with Gasteiger partial charge in [0.25, 0.3) is 11.8 Å². The molecule has 2 amide bonds. The maximum Gasteiger partial charge on any atom is 0.278 e. The van der Waals surface area contributed by atoms with Crippen molar-refractivity contribution in [3.8, 4) is 5.69 Å². The molecule has 1 aliphatic heterocycles. The smallest absolute Gasteiger partial charge is 0.278 e. The summed E-state index contributed by atoms with van der Waals surface area (Å²) in [6.07, 6.45) is 2.97. The van der Waals surface area contributed by atoms with Gasteiger partial charge in [-0.3, -0.25) is 9.59 Å². The zero-order chi connectivity index (χ0) is 21.1. The molecular weight excluding hydrogens is 427 g/mol. The topological polar surface area (TPSA) is 67.6 Å². The van der Waals surface area contributed by atoms with Crippen LogP contribution in [-0.4, -0.2) is 39.0 Å². The molecule has 0 N–H and O–H groups in total. The molecule has 0 radical (unpaired) electrons. The number of benzene rings is 2. The van der Waals surface area contributed by atoms with Crippen molar-refractivity contribution in [2.75, 3.05) is 13.1 Å². The van der Waals surface area contributed by atoms with Gasteiger partial charge in [-0.25, -0.2) is 4.39 Å². The first-order valence-electron chi connectivity index (χ1n) is 9.52. The second kappa shape index (κ2) is 8.89. The highest BCUT2D eigenvalue weighted by atomic mass is 35.5. The van der Waals surface area contributed by atoms with Crippen LogP contribution in [0.5, 0.6) is 0 Å². The molecule has 30 heavy (non-hydrogen) atoms. The lowest BCUT2D eigenvalue weighted by atomic mass is 10.1. The van der Waals surface area contributed by atoms with Gasteiger partial charge in [0.05, 0.1) is 5.69 Å². The molecule has 4 rings (SSSR count). The van der Waals surface area contributed by atoms with E-state index in [-0.39, 0.29) is 21.8 Å². The molecule has 3 aromatic rings. The van der Waals surface area contributed by atoms with Crippen LogP contribution in [0.2, 0.25) is 5.02 Å². The third-order valence-electron chi connectivity index (χ3n) is 4.75. The summed E-state index contributed by atoms with van der Waals surface area (Å²) < 4.78 is 14.9. The molecule has 0 aliphatic carbocycles. The van der Waals surface area contributed by atoms with Crippen molar-refractivity contribution in [3.05, 3.63) is 75.3 Å². The van der Waals surface area contributed by atoms with E-state index in [1.807, 2.05) is 0 Å². The van der Waals surface area contributed by atoms with Crippen molar-refractivity contribution in [2.24, 2.45) is 4.99 Å². The summed E-state index contributed by atoms with van der Waals surface area (Å²) in [7, 11) is 0. The third kappa shape index (κ3) is 4.49. The standard InChI is InChI=1S/C21H18ClFN4O2S/c22-15-6-10-17(11-7-15)27-25-18(21(29)26-12-2-1-3-13-26)20(30-27)24-19(28)14-4-8-16(23)9-5-14/h4-11H,1-3,12-13H2. The van der Waals surface area contributed by atoms with Crippen molar-refractivity contribution < 1.29 is 14.0 Å². The summed E-state index contributed by atoms with van der Waals surface area (Å²) >= 11 is 7.05. The average molecular weight is 445 g/mol. The van der Waals surface area contributed by atoms with Crippen LogP contribution in [0.25, 0.3) is 5.69 Å². The molecule has 2 heterocycles. The molecule has 0 spiro atoms. The van der Waals surface area contributed by atoms with Crippen LogP contribution in [-0.2, 0) is 0 Å². The lowest BCUT2D eigenvalue weighted by molar-refractivity contribution is 0.0716. The Bertz CT molecular complexity index is 1130. The van der Waals surface area contributed by atoms with Gasteiger partial charge >= 0.3 is 0 Å². The van der Waals surface area contributed by atoms with E-state index in [9.17, 15) is 14.0 Å². The second-order valence-corrected chi connectivity index (χ2v) is 8.22. The Balaban J connectivity index is 1.76. The van der Waals surface area contributed by atoms with E-state index in [1.165, 1.54) is 24.3 Å². The van der Waals surface area contributed by atoms with Crippen LogP contribution in [0.3, 0.4) is 0 Å². The monoisotopic (exact) mass is 444 g/mol. The van der Waals surface area contributed by atoms with Crippen molar-refractivity contribution in [3.63, 3.8) is 0 Å². The van der Waals surface area contributed by atoms with Crippen molar-refractivity contribution in [1.82, 2.24) is 14.1 Å². The number of nitrogens with zero attached hydrogens (tertiary/aromatic N) is 4. The highest BCUT2D eigenvalue weighted by Gasteiger charge is 2.24. The normalized spacial score (nSPS) is 14.7. The highest BCUT2D eigenvalue weighted by Crippen LogP contribution is 2.16. The summed E-state index contributed by atoms with van der Waals surface area (Å²) in [5, 5.41) is 5.02. The second-order valence-electron chi connectivity index (χ2n) is 6.87. The summed E-state index contributed by atoms with van der Waals surface area (Å²) in [4.78, 5) is 31.6. The highest BCUT2D eigenvalue weighted by molar-refractivity contribution is 7.04. The van der Waals surface area contributed by atoms with Gasteiger partial charge in [-0.15, -0.1) is 5.10 Å². The number of aromatic nitrogens is 2. The number of piperidine rings is 1. The first-order valence-corrected chi connectivity index (χ1v) is 10.7. The molecule has 0 saturated carbocycles. The van der Waals surface area contributed by atoms with E-state index in [4.69, 9.17) is 11.6 Å². The number of carbonyl (C=O) groups excluding carboxylic acids is 2. The molecule has 1 aliphatic rings. The maximum absolute atomic E-state index is 13.2. The first-order chi connectivity index (χ1) is 14.5. The van der Waals surface area contributed by atoms with Crippen LogP contribution < -0.4 is 4.67 Å². The predicted octanol–water partition coefficient (Wildman–Crippen LogP) is 4.09. The van der Waals surface area contributed by atoms with Gasteiger partial charge in [0.2, 0.25) is 0 Å². The van der Waals surface area contributed by atoms with Crippen LogP contribution in [0.15, 0.2) is 53.5 Å². The lowest BCUT2D eigenvalue weighted by Gasteiger charge is -2.25. The molecule has 1 aromatic heterocycles. The molecule has 0 atom stereocenters. The third-order valence-corrected chi connectivity index (χ3v) is 5.93. The zero-order valence-electron chi connectivity index (χ0n) is 15.9. The number of carbonyl (C=O) groups is 2. The van der Waals surface area contributed by atoms with Gasteiger partial charge in [-0.1, -0.05) is 11.6 Å². The Hall–Kier alpha value is -2.84. The van der Waals surface area contributed by atoms with Gasteiger partial charge in [0.1, 0.15) is 5.82 Å². The summed E-state index contributed by atoms with van der Waals surface area (Å²) in [5.41, 5.74) is 1.07. The fourth-order valence-corrected chi connectivity index (χ4v) is 4.14. The van der Waals surface area contributed by atoms with Gasteiger partial charge in [-0.2, -0.15) is 9.06 Å². The van der Waals surface area contributed by atoms with E-state index >= 15 is 0 Å². The van der Waals surface area contributed by atoms with Crippen molar-refractivity contribution >= 4 is 34.9 Å². The minimum absolute atomic E-state index is 0.132. The van der Waals surface area contributed by atoms with Crippen LogP contribution >= 0.6 is 23.1 Å². The SMILES string of the molecule is O=C(N=c1sn(-c2ccc(Cl)cc2)nc1C(=O)N1CCCCC1)c1ccc(F)cc1. The van der Waals surface area contributed by atoms with Gasteiger partial charge in [0.15, 0.2) is 10.4 Å². The minimum atomic E-state index is -0.561. The Morgan fingerprint density at radius 3 is 2.33 bits per heavy atom. The molecule has 6 nitrogen and oxygen atoms in total. The molecule has 9 heteroatoms. The molecule has 0 unspecified atom stereocenters. The van der Waals surface area contributed by atoms with Gasteiger partial charge in [-0.05, 0) is 79.3 Å². The average Bonchev–Trinajstić information content (AvgIpc) is 3.18. The molecule has 154 valence electrons. The quantitative estimate of drug-likeness (QED) is 0.611. The van der Waals surface area contributed by atoms with Crippen LogP contribution in [0.1, 0.15) is 40.1 Å². The maximum atomic E-state index is 13.2. The van der Waals surface area contributed by atoms with Crippen LogP contribution in [0, 0.1) is 5.82 Å². The fraction of sp³-hybridized carbons (Fsp3) is 0.238. The number of likely N-dealkylation sites (tertiary alicyclic amines) is 1. The van der Waals surface area contributed by atoms with Crippen molar-refractivity contribution in [2.45, 2.75) is 19.3 Å². The number of hydrogen-bond acceptors (Lipinski definition) is 4. The Morgan fingerprint density at radius 1 is 1.00 bits per heavy atom. The van der Waals surface area contributed by atoms with Gasteiger partial charge < -0.3 is 4.90 Å². The van der Waals surface area contributed by atoms with Crippen molar-refractivity contribution in [1.29, 1.82) is 0 Å². The van der Waals surface area contributed by atoms with E-state index in [1.54, 1.807) is 33.2 Å². The predicted molar refractivity (Wildman–Crippen MR) is 112 cm³/mol. The number of rotatable bonds is 3. The Kier molecular flexibility index (Phi) is 6.06. The summed E-state index contributed by atoms with van der Waals surface area (Å²) in [6.45, 7) is 1.31. The number of halogens is 2. The summed E-state index contributed by atoms with van der Waals surface area (Å²) in [6, 6.07) is 12.1. The fourth-order valence-electron chi connectivity index (χ4n) is 3.16. The Labute approximate surface area is 181 Å². The lowest BCUT2D eigenvalue weighted by Crippen LogP contribution is -2.38. The molecule has 1 fully saturated rings. The van der Waals surface area contributed by atoms with Gasteiger partial charge in [0, 0.05) is 23.7 Å².